The van der Waals surface area contributed by atoms with Crippen molar-refractivity contribution in [2.75, 3.05) is 19.0 Å². The van der Waals surface area contributed by atoms with Crippen molar-refractivity contribution in [3.8, 4) is 5.69 Å². The Hall–Kier alpha value is -2.10. The Bertz CT molecular complexity index is 531. The molecule has 0 amide bonds. The average Bonchev–Trinajstić information content (AvgIpc) is 2.30. The molecule has 0 unspecified atom stereocenters. The van der Waals surface area contributed by atoms with Crippen LogP contribution in [0, 0.1) is 0 Å². The molecule has 2 aromatic rings. The number of anilines is 1. The molecule has 0 aliphatic heterocycles. The van der Waals surface area contributed by atoms with Gasteiger partial charge in [0.05, 0.1) is 11.9 Å². The van der Waals surface area contributed by atoms with Crippen molar-refractivity contribution in [2.24, 2.45) is 0 Å². The highest BCUT2D eigenvalue weighted by molar-refractivity contribution is 5.43. The molecule has 0 aliphatic rings. The molecule has 0 atom stereocenters. The van der Waals surface area contributed by atoms with Crippen LogP contribution in [0.1, 0.15) is 0 Å². The van der Waals surface area contributed by atoms with E-state index in [1.165, 1.54) is 4.68 Å². The Balaban J connectivity index is 2.60. The second kappa shape index (κ2) is 4.18. The minimum atomic E-state index is -0.112. The van der Waals surface area contributed by atoms with Crippen LogP contribution in [0.4, 0.5) is 5.69 Å². The summed E-state index contributed by atoms with van der Waals surface area (Å²) in [6, 6.07) is 11.1. The molecule has 1 aromatic heterocycles. The van der Waals surface area contributed by atoms with E-state index in [2.05, 4.69) is 5.10 Å². The van der Waals surface area contributed by atoms with Gasteiger partial charge in [-0.25, -0.2) is 0 Å². The molecule has 0 bridgehead atoms. The number of nitrogens with zero attached hydrogens (tertiary/aromatic N) is 3. The minimum absolute atomic E-state index is 0.112. The quantitative estimate of drug-likeness (QED) is 0.757. The second-order valence-electron chi connectivity index (χ2n) is 3.66. The van der Waals surface area contributed by atoms with Gasteiger partial charge in [-0.3, -0.25) is 4.79 Å². The Morgan fingerprint density at radius 2 is 1.81 bits per heavy atom. The summed E-state index contributed by atoms with van der Waals surface area (Å²) in [7, 11) is 3.68. The summed E-state index contributed by atoms with van der Waals surface area (Å²) in [5.41, 5.74) is 1.29. The molecule has 1 heterocycles. The van der Waals surface area contributed by atoms with Gasteiger partial charge in [-0.05, 0) is 18.2 Å². The summed E-state index contributed by atoms with van der Waals surface area (Å²) in [5, 5.41) is 4.07. The van der Waals surface area contributed by atoms with Crippen molar-refractivity contribution in [3.05, 3.63) is 52.9 Å². The van der Waals surface area contributed by atoms with E-state index in [0.717, 1.165) is 5.69 Å². The monoisotopic (exact) mass is 215 g/mol. The molecule has 0 N–H and O–H groups in total. The molecule has 0 radical (unpaired) electrons. The molecule has 1 aromatic carbocycles. The zero-order valence-corrected chi connectivity index (χ0v) is 9.29. The molecule has 16 heavy (non-hydrogen) atoms. The van der Waals surface area contributed by atoms with E-state index in [4.69, 9.17) is 0 Å². The van der Waals surface area contributed by atoms with E-state index in [9.17, 15) is 4.79 Å². The van der Waals surface area contributed by atoms with Gasteiger partial charge in [0.2, 0.25) is 0 Å². The SMILES string of the molecule is CN(C)c1ccnn(-c2ccccc2)c1=O. The maximum atomic E-state index is 12.1. The summed E-state index contributed by atoms with van der Waals surface area (Å²) in [6.45, 7) is 0. The number of hydrogen-bond donors (Lipinski definition) is 0. The Morgan fingerprint density at radius 1 is 1.12 bits per heavy atom. The van der Waals surface area contributed by atoms with Gasteiger partial charge in [-0.15, -0.1) is 0 Å². The van der Waals surface area contributed by atoms with Crippen molar-refractivity contribution in [1.82, 2.24) is 9.78 Å². The number of rotatable bonds is 2. The molecule has 0 spiro atoms. The Kier molecular flexibility index (Phi) is 2.72. The lowest BCUT2D eigenvalue weighted by Crippen LogP contribution is -2.27. The first-order valence-electron chi connectivity index (χ1n) is 5.01. The van der Waals surface area contributed by atoms with Gasteiger partial charge in [-0.2, -0.15) is 9.78 Å². The molecular formula is C12H13N3O. The lowest BCUT2D eigenvalue weighted by Gasteiger charge is -2.12. The number of hydrogen-bond acceptors (Lipinski definition) is 3. The van der Waals surface area contributed by atoms with Gasteiger partial charge in [0, 0.05) is 14.1 Å². The number of benzene rings is 1. The highest BCUT2D eigenvalue weighted by Gasteiger charge is 2.06. The van der Waals surface area contributed by atoms with Crippen LogP contribution in [0.15, 0.2) is 47.4 Å². The zero-order chi connectivity index (χ0) is 11.5. The summed E-state index contributed by atoms with van der Waals surface area (Å²) in [4.78, 5) is 13.9. The highest BCUT2D eigenvalue weighted by atomic mass is 16.1. The summed E-state index contributed by atoms with van der Waals surface area (Å²) in [5.74, 6) is 0. The summed E-state index contributed by atoms with van der Waals surface area (Å²) < 4.78 is 1.40. The molecule has 0 saturated heterocycles. The van der Waals surface area contributed by atoms with Gasteiger partial charge in [0.25, 0.3) is 5.56 Å². The van der Waals surface area contributed by atoms with Gasteiger partial charge < -0.3 is 4.90 Å². The smallest absolute Gasteiger partial charge is 0.294 e. The van der Waals surface area contributed by atoms with Crippen LogP contribution < -0.4 is 10.5 Å². The highest BCUT2D eigenvalue weighted by Crippen LogP contribution is 2.05. The minimum Gasteiger partial charge on any atom is -0.373 e. The van der Waals surface area contributed by atoms with Crippen molar-refractivity contribution in [2.45, 2.75) is 0 Å². The third kappa shape index (κ3) is 1.82. The van der Waals surface area contributed by atoms with Crippen LogP contribution in [0.25, 0.3) is 5.69 Å². The molecule has 82 valence electrons. The second-order valence-corrected chi connectivity index (χ2v) is 3.66. The van der Waals surface area contributed by atoms with Crippen LogP contribution >= 0.6 is 0 Å². The molecule has 2 rings (SSSR count). The van der Waals surface area contributed by atoms with Gasteiger partial charge in [0.15, 0.2) is 0 Å². The molecule has 4 nitrogen and oxygen atoms in total. The lowest BCUT2D eigenvalue weighted by atomic mass is 10.3. The molecule has 4 heteroatoms. The van der Waals surface area contributed by atoms with Crippen LogP contribution in [-0.2, 0) is 0 Å². The predicted octanol–water partition coefficient (Wildman–Crippen LogP) is 1.30. The largest absolute Gasteiger partial charge is 0.373 e. The first-order chi connectivity index (χ1) is 7.70. The lowest BCUT2D eigenvalue weighted by molar-refractivity contribution is 0.801. The van der Waals surface area contributed by atoms with E-state index >= 15 is 0 Å². The molecule has 0 aliphatic carbocycles. The fourth-order valence-electron chi connectivity index (χ4n) is 1.50. The van der Waals surface area contributed by atoms with Crippen molar-refractivity contribution < 1.29 is 0 Å². The fraction of sp³-hybridized carbons (Fsp3) is 0.167. The molecule has 0 saturated carbocycles. The normalized spacial score (nSPS) is 10.1. The fourth-order valence-corrected chi connectivity index (χ4v) is 1.50. The summed E-state index contributed by atoms with van der Waals surface area (Å²) in [6.07, 6.45) is 1.63. The number of para-hydroxylation sites is 1. The summed E-state index contributed by atoms with van der Waals surface area (Å²) >= 11 is 0. The molecular weight excluding hydrogens is 202 g/mol. The maximum absolute atomic E-state index is 12.1. The van der Waals surface area contributed by atoms with Crippen LogP contribution in [0.3, 0.4) is 0 Å². The Morgan fingerprint density at radius 3 is 2.44 bits per heavy atom. The Labute approximate surface area is 93.8 Å². The van der Waals surface area contributed by atoms with E-state index < -0.39 is 0 Å². The van der Waals surface area contributed by atoms with Crippen LogP contribution in [-0.4, -0.2) is 23.9 Å². The third-order valence-electron chi connectivity index (χ3n) is 2.31. The van der Waals surface area contributed by atoms with Crippen molar-refractivity contribution in [3.63, 3.8) is 0 Å². The zero-order valence-electron chi connectivity index (χ0n) is 9.29. The van der Waals surface area contributed by atoms with E-state index in [-0.39, 0.29) is 5.56 Å². The van der Waals surface area contributed by atoms with Gasteiger partial charge >= 0.3 is 0 Å². The average molecular weight is 215 g/mol. The predicted molar refractivity (Wildman–Crippen MR) is 64.2 cm³/mol. The van der Waals surface area contributed by atoms with Gasteiger partial charge in [-0.1, -0.05) is 18.2 Å². The van der Waals surface area contributed by atoms with E-state index in [1.807, 2.05) is 44.4 Å². The topological polar surface area (TPSA) is 38.1 Å². The standard InChI is InChI=1S/C12H13N3O/c1-14(2)11-8-9-13-15(12(11)16)10-6-4-3-5-7-10/h3-9H,1-2H3. The van der Waals surface area contributed by atoms with Crippen LogP contribution in [0.2, 0.25) is 0 Å². The third-order valence-corrected chi connectivity index (χ3v) is 2.31. The first-order valence-corrected chi connectivity index (χ1v) is 5.01. The molecule has 0 fully saturated rings. The number of aromatic nitrogens is 2. The van der Waals surface area contributed by atoms with Crippen LogP contribution in [0.5, 0.6) is 0 Å². The first kappa shape index (κ1) is 10.4. The van der Waals surface area contributed by atoms with Gasteiger partial charge in [0.1, 0.15) is 5.69 Å². The van der Waals surface area contributed by atoms with E-state index in [0.29, 0.717) is 5.69 Å². The maximum Gasteiger partial charge on any atom is 0.294 e. The van der Waals surface area contributed by atoms with E-state index in [1.54, 1.807) is 17.2 Å². The van der Waals surface area contributed by atoms with Crippen molar-refractivity contribution in [1.29, 1.82) is 0 Å². The van der Waals surface area contributed by atoms with Crippen molar-refractivity contribution >= 4 is 5.69 Å².